The lowest BCUT2D eigenvalue weighted by atomic mass is 9.97. The fourth-order valence-electron chi connectivity index (χ4n) is 3.72. The quantitative estimate of drug-likeness (QED) is 0.567. The number of hydrogen-bond acceptors (Lipinski definition) is 5. The molecule has 1 saturated heterocycles. The summed E-state index contributed by atoms with van der Waals surface area (Å²) in [6, 6.07) is 12.9. The van der Waals surface area contributed by atoms with Crippen molar-refractivity contribution in [1.29, 1.82) is 0 Å². The molecule has 0 unspecified atom stereocenters. The van der Waals surface area contributed by atoms with Crippen LogP contribution in [-0.2, 0) is 24.3 Å². The van der Waals surface area contributed by atoms with Gasteiger partial charge in [0.15, 0.2) is 0 Å². The van der Waals surface area contributed by atoms with E-state index in [1.54, 1.807) is 55.1 Å². The molecule has 1 fully saturated rings. The predicted molar refractivity (Wildman–Crippen MR) is 123 cm³/mol. The van der Waals surface area contributed by atoms with Crippen molar-refractivity contribution in [3.63, 3.8) is 0 Å². The standard InChI is InChI=1S/C23H27ClN2O5S/c1-3-31-23(28)18-11-13-25(14-12-18)22(27)16-26(21-15-19(24)10-9-17(21)2)32(29,30)20-7-5-4-6-8-20/h4-10,15,18H,3,11-14,16H2,1-2H3. The molecule has 1 heterocycles. The van der Waals surface area contributed by atoms with Crippen LogP contribution in [0.5, 0.6) is 0 Å². The highest BCUT2D eigenvalue weighted by Crippen LogP contribution is 2.30. The third-order valence-corrected chi connectivity index (χ3v) is 7.53. The van der Waals surface area contributed by atoms with Crippen molar-refractivity contribution in [2.45, 2.75) is 31.6 Å². The summed E-state index contributed by atoms with van der Waals surface area (Å²) in [6.45, 7) is 4.24. The molecule has 0 radical (unpaired) electrons. The number of carbonyl (C=O) groups is 2. The number of aryl methyl sites for hydroxylation is 1. The Morgan fingerprint density at radius 2 is 1.78 bits per heavy atom. The number of anilines is 1. The second-order valence-corrected chi connectivity index (χ2v) is 9.96. The van der Waals surface area contributed by atoms with Gasteiger partial charge in [-0.3, -0.25) is 13.9 Å². The van der Waals surface area contributed by atoms with E-state index in [1.807, 2.05) is 0 Å². The summed E-state index contributed by atoms with van der Waals surface area (Å²) >= 11 is 6.15. The molecule has 0 saturated carbocycles. The van der Waals surface area contributed by atoms with Crippen molar-refractivity contribution in [2.24, 2.45) is 5.92 Å². The first-order valence-electron chi connectivity index (χ1n) is 10.5. The van der Waals surface area contributed by atoms with Crippen LogP contribution in [0, 0.1) is 12.8 Å². The van der Waals surface area contributed by atoms with Gasteiger partial charge in [0.25, 0.3) is 10.0 Å². The molecule has 2 aromatic rings. The number of halogens is 1. The molecular weight excluding hydrogens is 452 g/mol. The van der Waals surface area contributed by atoms with Crippen LogP contribution in [-0.4, -0.2) is 51.4 Å². The van der Waals surface area contributed by atoms with Crippen LogP contribution in [0.2, 0.25) is 5.02 Å². The number of piperidine rings is 1. The van der Waals surface area contributed by atoms with E-state index in [1.165, 1.54) is 12.1 Å². The van der Waals surface area contributed by atoms with E-state index >= 15 is 0 Å². The summed E-state index contributed by atoms with van der Waals surface area (Å²) in [6.07, 6.45) is 0.985. The Bertz CT molecular complexity index is 1070. The second kappa shape index (κ2) is 10.4. The van der Waals surface area contributed by atoms with E-state index in [-0.39, 0.29) is 29.2 Å². The minimum absolute atomic E-state index is 0.0909. The lowest BCUT2D eigenvalue weighted by Gasteiger charge is -2.33. The van der Waals surface area contributed by atoms with Crippen LogP contribution >= 0.6 is 11.6 Å². The number of carbonyl (C=O) groups excluding carboxylic acids is 2. The molecule has 9 heteroatoms. The van der Waals surface area contributed by atoms with E-state index in [9.17, 15) is 18.0 Å². The molecule has 0 aromatic heterocycles. The van der Waals surface area contributed by atoms with Gasteiger partial charge in [0.2, 0.25) is 5.91 Å². The molecule has 172 valence electrons. The van der Waals surface area contributed by atoms with Crippen LogP contribution < -0.4 is 4.31 Å². The smallest absolute Gasteiger partial charge is 0.309 e. The molecule has 32 heavy (non-hydrogen) atoms. The lowest BCUT2D eigenvalue weighted by Crippen LogP contribution is -2.47. The van der Waals surface area contributed by atoms with Gasteiger partial charge in [-0.25, -0.2) is 8.42 Å². The first kappa shape index (κ1) is 24.1. The van der Waals surface area contributed by atoms with Gasteiger partial charge in [-0.1, -0.05) is 35.9 Å². The number of rotatable bonds is 7. The van der Waals surface area contributed by atoms with Crippen molar-refractivity contribution in [3.05, 3.63) is 59.1 Å². The van der Waals surface area contributed by atoms with Crippen LogP contribution in [0.3, 0.4) is 0 Å². The molecule has 3 rings (SSSR count). The van der Waals surface area contributed by atoms with Gasteiger partial charge in [0.1, 0.15) is 6.54 Å². The average Bonchev–Trinajstić information content (AvgIpc) is 2.80. The Hall–Kier alpha value is -2.58. The SMILES string of the molecule is CCOC(=O)C1CCN(C(=O)CN(c2cc(Cl)ccc2C)S(=O)(=O)c2ccccc2)CC1. The molecule has 1 amide bonds. The number of ether oxygens (including phenoxy) is 1. The maximum Gasteiger partial charge on any atom is 0.309 e. The summed E-state index contributed by atoms with van der Waals surface area (Å²) in [5.74, 6) is -0.813. The first-order chi connectivity index (χ1) is 15.2. The van der Waals surface area contributed by atoms with Gasteiger partial charge in [0, 0.05) is 18.1 Å². The van der Waals surface area contributed by atoms with Crippen molar-refractivity contribution >= 4 is 39.2 Å². The van der Waals surface area contributed by atoms with Gasteiger partial charge < -0.3 is 9.64 Å². The monoisotopic (exact) mass is 478 g/mol. The summed E-state index contributed by atoms with van der Waals surface area (Å²) < 4.78 is 33.1. The number of amides is 1. The van der Waals surface area contributed by atoms with Gasteiger partial charge >= 0.3 is 5.97 Å². The normalized spacial score (nSPS) is 14.8. The highest BCUT2D eigenvalue weighted by atomic mass is 35.5. The second-order valence-electron chi connectivity index (χ2n) is 7.66. The van der Waals surface area contributed by atoms with Crippen molar-refractivity contribution in [2.75, 3.05) is 30.5 Å². The molecule has 0 atom stereocenters. The lowest BCUT2D eigenvalue weighted by molar-refractivity contribution is -0.151. The summed E-state index contributed by atoms with van der Waals surface area (Å²) in [5.41, 5.74) is 1.04. The van der Waals surface area contributed by atoms with E-state index in [2.05, 4.69) is 0 Å². The maximum atomic E-state index is 13.5. The number of likely N-dealkylation sites (tertiary alicyclic amines) is 1. The highest BCUT2D eigenvalue weighted by Gasteiger charge is 2.33. The minimum Gasteiger partial charge on any atom is -0.466 e. The zero-order chi connectivity index (χ0) is 23.3. The zero-order valence-electron chi connectivity index (χ0n) is 18.2. The third kappa shape index (κ3) is 5.42. The Morgan fingerprint density at radius 1 is 1.12 bits per heavy atom. The minimum atomic E-state index is -4.01. The number of sulfonamides is 1. The Balaban J connectivity index is 1.85. The number of nitrogens with zero attached hydrogens (tertiary/aromatic N) is 2. The molecule has 0 bridgehead atoms. The average molecular weight is 479 g/mol. The van der Waals surface area contributed by atoms with Crippen LogP contribution in [0.4, 0.5) is 5.69 Å². The fraction of sp³-hybridized carbons (Fsp3) is 0.391. The van der Waals surface area contributed by atoms with Gasteiger partial charge in [0.05, 0.1) is 23.1 Å². The molecule has 1 aliphatic rings. The topological polar surface area (TPSA) is 84.0 Å². The molecule has 0 aliphatic carbocycles. The van der Waals surface area contributed by atoms with Crippen molar-refractivity contribution in [1.82, 2.24) is 4.90 Å². The van der Waals surface area contributed by atoms with Gasteiger partial charge in [-0.15, -0.1) is 0 Å². The third-order valence-electron chi connectivity index (χ3n) is 5.52. The summed E-state index contributed by atoms with van der Waals surface area (Å²) in [4.78, 5) is 26.8. The zero-order valence-corrected chi connectivity index (χ0v) is 19.7. The Morgan fingerprint density at radius 3 is 2.41 bits per heavy atom. The first-order valence-corrected chi connectivity index (χ1v) is 12.3. The van der Waals surface area contributed by atoms with E-state index in [4.69, 9.17) is 16.3 Å². The van der Waals surface area contributed by atoms with Crippen LogP contribution in [0.25, 0.3) is 0 Å². The van der Waals surface area contributed by atoms with Crippen LogP contribution in [0.15, 0.2) is 53.4 Å². The molecule has 1 aliphatic heterocycles. The molecule has 2 aromatic carbocycles. The maximum absolute atomic E-state index is 13.5. The molecular formula is C23H27ClN2O5S. The van der Waals surface area contributed by atoms with Gasteiger partial charge in [-0.05, 0) is 56.5 Å². The van der Waals surface area contributed by atoms with E-state index < -0.39 is 10.0 Å². The fourth-order valence-corrected chi connectivity index (χ4v) is 5.38. The molecule has 0 N–H and O–H groups in total. The summed E-state index contributed by atoms with van der Waals surface area (Å²) in [5, 5.41) is 0.376. The van der Waals surface area contributed by atoms with E-state index in [0.29, 0.717) is 48.8 Å². The predicted octanol–water partition coefficient (Wildman–Crippen LogP) is 3.65. The number of hydrogen-bond donors (Lipinski definition) is 0. The number of esters is 1. The van der Waals surface area contributed by atoms with E-state index in [0.717, 1.165) is 4.31 Å². The molecule has 7 nitrogen and oxygen atoms in total. The Kier molecular flexibility index (Phi) is 7.79. The number of benzene rings is 2. The van der Waals surface area contributed by atoms with Gasteiger partial charge in [-0.2, -0.15) is 0 Å². The Labute approximate surface area is 194 Å². The largest absolute Gasteiger partial charge is 0.466 e. The highest BCUT2D eigenvalue weighted by molar-refractivity contribution is 7.92. The molecule has 0 spiro atoms. The van der Waals surface area contributed by atoms with Crippen LogP contribution in [0.1, 0.15) is 25.3 Å². The van der Waals surface area contributed by atoms with Crippen molar-refractivity contribution < 1.29 is 22.7 Å². The van der Waals surface area contributed by atoms with Crippen molar-refractivity contribution in [3.8, 4) is 0 Å². The summed E-state index contributed by atoms with van der Waals surface area (Å²) in [7, 11) is -4.01.